The first-order chi connectivity index (χ1) is 15.0. The van der Waals surface area contributed by atoms with E-state index >= 15 is 0 Å². The van der Waals surface area contributed by atoms with Crippen LogP contribution in [-0.2, 0) is 16.4 Å². The maximum absolute atomic E-state index is 13.2. The molecule has 0 spiro atoms. The molecule has 1 atom stereocenters. The van der Waals surface area contributed by atoms with E-state index in [1.165, 1.54) is 7.05 Å². The van der Waals surface area contributed by atoms with Crippen molar-refractivity contribution in [3.8, 4) is 0 Å². The number of hydrogen-bond donors (Lipinski definition) is 2. The highest BCUT2D eigenvalue weighted by atomic mass is 35.5. The van der Waals surface area contributed by atoms with Crippen LogP contribution < -0.4 is 10.6 Å². The van der Waals surface area contributed by atoms with Crippen LogP contribution in [0.3, 0.4) is 0 Å². The minimum Gasteiger partial charge on any atom is -0.372 e. The van der Waals surface area contributed by atoms with Crippen molar-refractivity contribution in [2.75, 3.05) is 24.2 Å². The Morgan fingerprint density at radius 2 is 1.82 bits per heavy atom. The smallest absolute Gasteiger partial charge is 0.372 e. The van der Waals surface area contributed by atoms with E-state index in [0.717, 1.165) is 16.2 Å². The summed E-state index contributed by atoms with van der Waals surface area (Å²) < 4.78 is 39.2. The molecule has 1 aliphatic rings. The van der Waals surface area contributed by atoms with Gasteiger partial charge in [0.05, 0.1) is 52.5 Å². The lowest BCUT2D eigenvalue weighted by Crippen LogP contribution is -2.56. The Labute approximate surface area is 204 Å². The monoisotopic (exact) mass is 480 g/mol. The van der Waals surface area contributed by atoms with Gasteiger partial charge in [0.15, 0.2) is 5.15 Å². The van der Waals surface area contributed by atoms with Crippen LogP contribution >= 0.6 is 22.9 Å². The Kier molecular flexibility index (Phi) is 6.65. The van der Waals surface area contributed by atoms with Crippen LogP contribution in [0.25, 0.3) is 0 Å². The third-order valence-electron chi connectivity index (χ3n) is 5.03. The second-order valence-corrected chi connectivity index (χ2v) is 8.76. The number of anilines is 3. The van der Waals surface area contributed by atoms with Crippen molar-refractivity contribution in [2.45, 2.75) is 28.4 Å². The minimum absolute atomic E-state index is 0.0139. The molecule has 1 amide bonds. The highest BCUT2D eigenvalue weighted by Gasteiger charge is 2.57. The SMILES string of the molecule is [B]C([B])([B])N1CCC(c2nc(Cl)c(Nc3ncc(C(F)(F)F)c(NC)n3)s2)(C([B])([B])[B])C1=O. The maximum atomic E-state index is 13.2. The molecule has 158 valence electrons. The topological polar surface area (TPSA) is 83.0 Å². The fourth-order valence-corrected chi connectivity index (χ4v) is 4.82. The van der Waals surface area contributed by atoms with Gasteiger partial charge in [-0.2, -0.15) is 18.2 Å². The molecule has 0 saturated carbocycles. The van der Waals surface area contributed by atoms with Crippen molar-refractivity contribution in [3.05, 3.63) is 21.9 Å². The van der Waals surface area contributed by atoms with E-state index in [-0.39, 0.29) is 34.1 Å². The van der Waals surface area contributed by atoms with Gasteiger partial charge < -0.3 is 15.5 Å². The first-order valence-electron chi connectivity index (χ1n) is 9.13. The number of hydrogen-bond acceptors (Lipinski definition) is 7. The van der Waals surface area contributed by atoms with Gasteiger partial charge in [-0.1, -0.05) is 28.2 Å². The quantitative estimate of drug-likeness (QED) is 0.589. The average molecular weight is 480 g/mol. The Balaban J connectivity index is 2.01. The molecular formula is C15H10B6ClF3N6OS. The Morgan fingerprint density at radius 3 is 2.30 bits per heavy atom. The molecule has 1 fully saturated rings. The number of aromatic nitrogens is 3. The van der Waals surface area contributed by atoms with Crippen LogP contribution in [0.5, 0.6) is 0 Å². The molecule has 2 aromatic heterocycles. The van der Waals surface area contributed by atoms with Crippen molar-refractivity contribution in [2.24, 2.45) is 0 Å². The average Bonchev–Trinajstić information content (AvgIpc) is 3.21. The summed E-state index contributed by atoms with van der Waals surface area (Å²) in [6, 6.07) is 0. The van der Waals surface area contributed by atoms with Gasteiger partial charge in [0.25, 0.3) is 0 Å². The van der Waals surface area contributed by atoms with Crippen LogP contribution in [0.4, 0.5) is 29.9 Å². The molecule has 33 heavy (non-hydrogen) atoms. The Morgan fingerprint density at radius 1 is 1.18 bits per heavy atom. The fraction of sp³-hybridized carbons (Fsp3) is 0.467. The van der Waals surface area contributed by atoms with Gasteiger partial charge in [-0.3, -0.25) is 4.79 Å². The third-order valence-corrected chi connectivity index (χ3v) is 6.55. The van der Waals surface area contributed by atoms with E-state index in [1.54, 1.807) is 0 Å². The van der Waals surface area contributed by atoms with E-state index in [4.69, 9.17) is 58.7 Å². The fourth-order valence-electron chi connectivity index (χ4n) is 3.38. The second kappa shape index (κ2) is 8.48. The van der Waals surface area contributed by atoms with Gasteiger partial charge in [-0.15, -0.1) is 5.11 Å². The van der Waals surface area contributed by atoms with Gasteiger partial charge in [0.1, 0.15) is 21.4 Å². The van der Waals surface area contributed by atoms with Gasteiger partial charge in [0, 0.05) is 19.8 Å². The summed E-state index contributed by atoms with van der Waals surface area (Å²) >= 11 is 7.03. The zero-order chi connectivity index (χ0) is 25.0. The lowest BCUT2D eigenvalue weighted by atomic mass is 9.32. The minimum atomic E-state index is -4.66. The number of nitrogens with zero attached hydrogens (tertiary/aromatic N) is 4. The highest BCUT2D eigenvalue weighted by molar-refractivity contribution is 7.16. The van der Waals surface area contributed by atoms with Crippen molar-refractivity contribution >= 4 is 92.7 Å². The molecule has 1 unspecified atom stereocenters. The number of rotatable bonds is 6. The first-order valence-corrected chi connectivity index (χ1v) is 10.3. The normalized spacial score (nSPS) is 19.7. The number of thiazole rings is 1. The van der Waals surface area contributed by atoms with Crippen LogP contribution in [0.1, 0.15) is 17.0 Å². The molecule has 18 heteroatoms. The summed E-state index contributed by atoms with van der Waals surface area (Å²) in [6.07, 6.45) is -4.10. The van der Waals surface area contributed by atoms with Crippen LogP contribution in [0.15, 0.2) is 6.20 Å². The number of likely N-dealkylation sites (tertiary alicyclic amines) is 1. The third kappa shape index (κ3) is 4.62. The maximum Gasteiger partial charge on any atom is 0.421 e. The standard InChI is InChI=1S/C15H10B6ClF3N6OS/c1-26-7-5(13(23,24)25)4-27-11(29-7)30-8-6(22)28-9(33-8)12(14(16,17)18)2-3-31(10(12)32)15(19,20)21/h4H,2-3H2,1H3,(H2,26,27,29,30). The molecule has 12 radical (unpaired) electrons. The lowest BCUT2D eigenvalue weighted by molar-refractivity contribution is -0.137. The van der Waals surface area contributed by atoms with Crippen molar-refractivity contribution < 1.29 is 18.0 Å². The molecule has 3 heterocycles. The largest absolute Gasteiger partial charge is 0.421 e. The zero-order valence-corrected chi connectivity index (χ0v) is 18.6. The molecule has 2 aromatic rings. The molecule has 2 N–H and O–H groups in total. The summed E-state index contributed by atoms with van der Waals surface area (Å²) in [5.74, 6) is -1.45. The Hall–Kier alpha value is -1.75. The summed E-state index contributed by atoms with van der Waals surface area (Å²) in [7, 11) is 36.1. The molecule has 0 aliphatic carbocycles. The number of halogens is 4. The predicted octanol–water partition coefficient (Wildman–Crippen LogP) is 0.557. The highest BCUT2D eigenvalue weighted by Crippen LogP contribution is 2.52. The molecule has 0 aromatic carbocycles. The zero-order valence-electron chi connectivity index (χ0n) is 17.1. The van der Waals surface area contributed by atoms with Crippen LogP contribution in [-0.4, -0.2) is 91.7 Å². The van der Waals surface area contributed by atoms with Crippen LogP contribution in [0.2, 0.25) is 10.3 Å². The summed E-state index contributed by atoms with van der Waals surface area (Å²) in [5, 5.41) is 0.851. The number of carbonyl (C=O) groups excluding carboxylic acids is 1. The van der Waals surface area contributed by atoms with Gasteiger partial charge in [-0.25, -0.2) is 9.97 Å². The van der Waals surface area contributed by atoms with Crippen molar-refractivity contribution in [1.29, 1.82) is 0 Å². The molecule has 3 rings (SSSR count). The number of nitrogens with one attached hydrogen (secondary N) is 2. The first kappa shape index (κ1) is 25.9. The summed E-state index contributed by atoms with van der Waals surface area (Å²) in [6.45, 7) is -0.0246. The van der Waals surface area contributed by atoms with Crippen LogP contribution in [0, 0.1) is 0 Å². The number of alkyl halides is 3. The molecule has 1 saturated heterocycles. The summed E-state index contributed by atoms with van der Waals surface area (Å²) in [5.41, 5.74) is -2.85. The lowest BCUT2D eigenvalue weighted by Gasteiger charge is -2.42. The molecule has 7 nitrogen and oxygen atoms in total. The molecule has 0 bridgehead atoms. The summed E-state index contributed by atoms with van der Waals surface area (Å²) in [4.78, 5) is 25.8. The van der Waals surface area contributed by atoms with E-state index in [2.05, 4.69) is 25.6 Å². The second-order valence-electron chi connectivity index (χ2n) is 7.40. The van der Waals surface area contributed by atoms with E-state index in [1.807, 2.05) is 0 Å². The van der Waals surface area contributed by atoms with Gasteiger partial charge in [0.2, 0.25) is 11.9 Å². The number of carbonyl (C=O) groups is 1. The predicted molar refractivity (Wildman–Crippen MR) is 125 cm³/mol. The van der Waals surface area contributed by atoms with E-state index in [0.29, 0.717) is 6.20 Å². The Bertz CT molecular complexity index is 1080. The number of amides is 1. The van der Waals surface area contributed by atoms with E-state index < -0.39 is 39.2 Å². The van der Waals surface area contributed by atoms with E-state index in [9.17, 15) is 18.0 Å². The van der Waals surface area contributed by atoms with Gasteiger partial charge >= 0.3 is 6.18 Å². The molecular weight excluding hydrogens is 470 g/mol. The van der Waals surface area contributed by atoms with Crippen molar-refractivity contribution in [1.82, 2.24) is 19.9 Å². The van der Waals surface area contributed by atoms with Gasteiger partial charge in [-0.05, 0) is 6.42 Å². The molecule has 1 aliphatic heterocycles. The van der Waals surface area contributed by atoms with Crippen molar-refractivity contribution in [3.63, 3.8) is 0 Å².